The molecule has 1 saturated heterocycles. The summed E-state index contributed by atoms with van der Waals surface area (Å²) < 4.78 is 28.1. The van der Waals surface area contributed by atoms with E-state index in [1.165, 1.54) is 22.9 Å². The number of anilines is 1. The minimum Gasteiger partial charge on any atom is -0.355 e. The largest absolute Gasteiger partial charge is 0.355 e. The molecule has 0 spiro atoms. The third-order valence-electron chi connectivity index (χ3n) is 6.75. The van der Waals surface area contributed by atoms with E-state index in [9.17, 15) is 18.4 Å². The number of aromatic nitrogens is 3. The molecule has 0 unspecified atom stereocenters. The van der Waals surface area contributed by atoms with Gasteiger partial charge in [0.05, 0.1) is 12.1 Å². The smallest absolute Gasteiger partial charge is 0.263 e. The van der Waals surface area contributed by atoms with Crippen LogP contribution < -0.4 is 15.8 Å². The van der Waals surface area contributed by atoms with Crippen molar-refractivity contribution in [1.29, 1.82) is 0 Å². The van der Waals surface area contributed by atoms with Crippen molar-refractivity contribution in [2.24, 2.45) is 0 Å². The average molecular weight is 519 g/mol. The van der Waals surface area contributed by atoms with E-state index in [4.69, 9.17) is 0 Å². The molecule has 4 aromatic rings. The molecule has 196 valence electrons. The number of nitrogens with one attached hydrogen (secondary N) is 1. The topological polar surface area (TPSA) is 83.4 Å². The number of nitrogens with zero attached hydrogens (tertiary/aromatic N) is 5. The SMILES string of the molecule is CN1CCCN(c2ncnc3ccc(CNC(=O)c4cccn(Cc5ccc(F)c(F)c5)c4=O)cc23)CC1. The Labute approximate surface area is 218 Å². The lowest BCUT2D eigenvalue weighted by molar-refractivity contribution is 0.0949. The number of rotatable bonds is 6. The van der Waals surface area contributed by atoms with E-state index >= 15 is 0 Å². The van der Waals surface area contributed by atoms with Gasteiger partial charge >= 0.3 is 0 Å². The van der Waals surface area contributed by atoms with Crippen LogP contribution in [0, 0.1) is 11.6 Å². The van der Waals surface area contributed by atoms with Gasteiger partial charge in [-0.3, -0.25) is 9.59 Å². The van der Waals surface area contributed by atoms with Crippen molar-refractivity contribution in [3.8, 4) is 0 Å². The van der Waals surface area contributed by atoms with Gasteiger partial charge in [-0.25, -0.2) is 18.7 Å². The molecule has 10 heteroatoms. The number of hydrogen-bond acceptors (Lipinski definition) is 6. The maximum absolute atomic E-state index is 13.6. The van der Waals surface area contributed by atoms with Gasteiger partial charge in [-0.1, -0.05) is 12.1 Å². The molecule has 38 heavy (non-hydrogen) atoms. The molecule has 2 aromatic carbocycles. The lowest BCUT2D eigenvalue weighted by Crippen LogP contribution is -2.32. The summed E-state index contributed by atoms with van der Waals surface area (Å²) in [6, 6.07) is 12.3. The number of carbonyl (C=O) groups excluding carboxylic acids is 1. The fraction of sp³-hybridized carbons (Fsp3) is 0.286. The zero-order valence-corrected chi connectivity index (χ0v) is 21.0. The molecular weight excluding hydrogens is 490 g/mol. The number of benzene rings is 2. The minimum atomic E-state index is -0.989. The molecule has 1 aliphatic heterocycles. The van der Waals surface area contributed by atoms with E-state index in [2.05, 4.69) is 32.1 Å². The first-order valence-electron chi connectivity index (χ1n) is 12.5. The van der Waals surface area contributed by atoms with Gasteiger partial charge in [0.25, 0.3) is 11.5 Å². The van der Waals surface area contributed by atoms with Crippen LogP contribution in [-0.4, -0.2) is 58.6 Å². The Hall–Kier alpha value is -4.18. The Morgan fingerprint density at radius 2 is 1.82 bits per heavy atom. The summed E-state index contributed by atoms with van der Waals surface area (Å²) in [5.74, 6) is -1.59. The van der Waals surface area contributed by atoms with Gasteiger partial charge in [0.15, 0.2) is 11.6 Å². The van der Waals surface area contributed by atoms with E-state index in [1.54, 1.807) is 12.4 Å². The van der Waals surface area contributed by atoms with Crippen LogP contribution in [0.1, 0.15) is 27.9 Å². The molecule has 0 radical (unpaired) electrons. The molecule has 1 amide bonds. The summed E-state index contributed by atoms with van der Waals surface area (Å²) in [4.78, 5) is 39.4. The molecule has 1 N–H and O–H groups in total. The monoisotopic (exact) mass is 518 g/mol. The van der Waals surface area contributed by atoms with E-state index in [1.807, 2.05) is 18.2 Å². The Morgan fingerprint density at radius 3 is 2.66 bits per heavy atom. The Kier molecular flexibility index (Phi) is 7.41. The lowest BCUT2D eigenvalue weighted by atomic mass is 10.1. The number of amides is 1. The molecule has 3 heterocycles. The predicted molar refractivity (Wildman–Crippen MR) is 141 cm³/mol. The number of hydrogen-bond donors (Lipinski definition) is 1. The van der Waals surface area contributed by atoms with E-state index in [0.29, 0.717) is 5.56 Å². The second kappa shape index (κ2) is 11.1. The maximum Gasteiger partial charge on any atom is 0.263 e. The van der Waals surface area contributed by atoms with Crippen molar-refractivity contribution in [3.05, 3.63) is 99.7 Å². The molecule has 0 saturated carbocycles. The molecule has 5 rings (SSSR count). The van der Waals surface area contributed by atoms with E-state index in [-0.39, 0.29) is 18.7 Å². The highest BCUT2D eigenvalue weighted by Crippen LogP contribution is 2.25. The van der Waals surface area contributed by atoms with Crippen LogP contribution in [-0.2, 0) is 13.1 Å². The third kappa shape index (κ3) is 5.55. The zero-order valence-electron chi connectivity index (χ0n) is 21.0. The third-order valence-corrected chi connectivity index (χ3v) is 6.75. The number of fused-ring (bicyclic) bond motifs is 1. The molecule has 0 aliphatic carbocycles. The van der Waals surface area contributed by atoms with Gasteiger partial charge in [-0.15, -0.1) is 0 Å². The first-order valence-corrected chi connectivity index (χ1v) is 12.5. The number of carbonyl (C=O) groups is 1. The quantitative estimate of drug-likeness (QED) is 0.422. The standard InChI is InChI=1S/C28H28F2N6O2/c1-34-9-3-11-35(13-12-34)26-22-14-19(6-8-25(22)32-18-33-26)16-31-27(37)21-4-2-10-36(28(21)38)17-20-5-7-23(29)24(30)15-20/h2,4-8,10,14-15,18H,3,9,11-13,16-17H2,1H3,(H,31,37). The normalized spacial score (nSPS) is 14.4. The van der Waals surface area contributed by atoms with E-state index < -0.39 is 23.1 Å². The summed E-state index contributed by atoms with van der Waals surface area (Å²) in [5.41, 5.74) is 1.54. The molecule has 0 bridgehead atoms. The van der Waals surface area contributed by atoms with E-state index in [0.717, 1.165) is 67.0 Å². The Morgan fingerprint density at radius 1 is 0.974 bits per heavy atom. The lowest BCUT2D eigenvalue weighted by Gasteiger charge is -2.23. The first-order chi connectivity index (χ1) is 18.4. The fourth-order valence-corrected chi connectivity index (χ4v) is 4.66. The van der Waals surface area contributed by atoms with Crippen LogP contribution in [0.25, 0.3) is 10.9 Å². The molecular formula is C28H28F2N6O2. The number of pyridine rings is 1. The second-order valence-corrected chi connectivity index (χ2v) is 9.48. The van der Waals surface area contributed by atoms with Crippen molar-refractivity contribution in [2.75, 3.05) is 38.1 Å². The number of likely N-dealkylation sites (N-methyl/N-ethyl adjacent to an activating group) is 1. The maximum atomic E-state index is 13.6. The van der Waals surface area contributed by atoms with Crippen molar-refractivity contribution < 1.29 is 13.6 Å². The van der Waals surface area contributed by atoms with Gasteiger partial charge in [0, 0.05) is 37.8 Å². The highest BCUT2D eigenvalue weighted by Gasteiger charge is 2.17. The van der Waals surface area contributed by atoms with Gasteiger partial charge in [0.1, 0.15) is 17.7 Å². The molecule has 1 fully saturated rings. The van der Waals surface area contributed by atoms with Gasteiger partial charge in [0.2, 0.25) is 0 Å². The summed E-state index contributed by atoms with van der Waals surface area (Å²) in [6.45, 7) is 3.99. The summed E-state index contributed by atoms with van der Waals surface area (Å²) in [7, 11) is 2.12. The van der Waals surface area contributed by atoms with Crippen LogP contribution in [0.3, 0.4) is 0 Å². The highest BCUT2D eigenvalue weighted by molar-refractivity contribution is 5.94. The van der Waals surface area contributed by atoms with Crippen LogP contribution in [0.15, 0.2) is 65.8 Å². The molecule has 2 aromatic heterocycles. The zero-order chi connectivity index (χ0) is 26.6. The van der Waals surface area contributed by atoms with Crippen molar-refractivity contribution in [1.82, 2.24) is 24.8 Å². The highest BCUT2D eigenvalue weighted by atomic mass is 19.2. The Balaban J connectivity index is 1.32. The predicted octanol–water partition coefficient (Wildman–Crippen LogP) is 3.19. The van der Waals surface area contributed by atoms with Crippen LogP contribution in [0.2, 0.25) is 0 Å². The van der Waals surface area contributed by atoms with Crippen LogP contribution >= 0.6 is 0 Å². The van der Waals surface area contributed by atoms with Crippen molar-refractivity contribution in [2.45, 2.75) is 19.5 Å². The fourth-order valence-electron chi connectivity index (χ4n) is 4.66. The van der Waals surface area contributed by atoms with Gasteiger partial charge in [-0.05, 0) is 67.5 Å². The first kappa shape index (κ1) is 25.5. The van der Waals surface area contributed by atoms with Crippen molar-refractivity contribution in [3.63, 3.8) is 0 Å². The molecule has 1 aliphatic rings. The van der Waals surface area contributed by atoms with Gasteiger partial charge in [-0.2, -0.15) is 0 Å². The second-order valence-electron chi connectivity index (χ2n) is 9.48. The summed E-state index contributed by atoms with van der Waals surface area (Å²) in [6.07, 6.45) is 4.13. The summed E-state index contributed by atoms with van der Waals surface area (Å²) >= 11 is 0. The van der Waals surface area contributed by atoms with Crippen LogP contribution in [0.4, 0.5) is 14.6 Å². The van der Waals surface area contributed by atoms with Crippen molar-refractivity contribution >= 4 is 22.6 Å². The molecule has 8 nitrogen and oxygen atoms in total. The Bertz CT molecular complexity index is 1540. The number of halogens is 2. The summed E-state index contributed by atoms with van der Waals surface area (Å²) in [5, 5.41) is 3.73. The van der Waals surface area contributed by atoms with Crippen LogP contribution in [0.5, 0.6) is 0 Å². The average Bonchev–Trinajstić information content (AvgIpc) is 3.14. The minimum absolute atomic E-state index is 0.0108. The molecule has 0 atom stereocenters. The van der Waals surface area contributed by atoms with Gasteiger partial charge < -0.3 is 19.7 Å².